The zero-order valence-electron chi connectivity index (χ0n) is 30.3. The van der Waals surface area contributed by atoms with E-state index in [1.807, 2.05) is 24.3 Å². The van der Waals surface area contributed by atoms with Crippen LogP contribution in [0.1, 0.15) is 86.1 Å². The molecule has 3 aliphatic rings. The summed E-state index contributed by atoms with van der Waals surface area (Å²) in [6.45, 7) is 2.58. The largest absolute Gasteiger partial charge is 0.370 e. The summed E-state index contributed by atoms with van der Waals surface area (Å²) >= 11 is 0. The molecule has 1 atom stereocenters. The van der Waals surface area contributed by atoms with E-state index >= 15 is 0 Å². The number of para-hydroxylation sites is 1. The fraction of sp³-hybridized carbons (Fsp3) is 0.474. The summed E-state index contributed by atoms with van der Waals surface area (Å²) in [5.41, 5.74) is 2.47. The van der Waals surface area contributed by atoms with Crippen molar-refractivity contribution in [2.75, 3.05) is 36.9 Å². The normalized spacial score (nSPS) is 21.4. The molecule has 16 heteroatoms. The first-order valence-electron chi connectivity index (χ1n) is 18.7. The lowest BCUT2D eigenvalue weighted by Crippen LogP contribution is -2.45. The van der Waals surface area contributed by atoms with Crippen LogP contribution < -0.4 is 21.2 Å². The van der Waals surface area contributed by atoms with Crippen molar-refractivity contribution in [1.29, 1.82) is 0 Å². The number of carbonyl (C=O) groups is 3. The van der Waals surface area contributed by atoms with E-state index in [9.17, 15) is 28.0 Å². The maximum atomic E-state index is 14.1. The maximum Gasteiger partial charge on any atom is 0.329 e. The Kier molecular flexibility index (Phi) is 9.54. The lowest BCUT2D eigenvalue weighted by molar-refractivity contribution is -0.135. The Morgan fingerprint density at radius 1 is 1.00 bits per heavy atom. The second kappa shape index (κ2) is 14.5. The highest BCUT2D eigenvalue weighted by Gasteiger charge is 2.34. The third-order valence-electron chi connectivity index (χ3n) is 11.6. The van der Waals surface area contributed by atoms with Crippen LogP contribution in [-0.4, -0.2) is 83.6 Å². The summed E-state index contributed by atoms with van der Waals surface area (Å²) in [6.07, 6.45) is 7.88. The van der Waals surface area contributed by atoms with E-state index in [-0.39, 0.29) is 35.4 Å². The van der Waals surface area contributed by atoms with Crippen LogP contribution in [0, 0.1) is 5.92 Å². The van der Waals surface area contributed by atoms with Gasteiger partial charge in [-0.1, -0.05) is 12.1 Å². The van der Waals surface area contributed by atoms with Gasteiger partial charge in [0, 0.05) is 51.5 Å². The number of nitrogens with zero attached hydrogens (tertiary/aromatic N) is 8. The zero-order chi connectivity index (χ0) is 37.7. The number of amides is 3. The quantitative estimate of drug-likeness (QED) is 0.207. The average Bonchev–Trinajstić information content (AvgIpc) is 3.87. The lowest BCUT2D eigenvalue weighted by atomic mass is 9.85. The molecule has 54 heavy (non-hydrogen) atoms. The lowest BCUT2D eigenvalue weighted by Gasteiger charge is -2.40. The third-order valence-corrected chi connectivity index (χ3v) is 11.6. The highest BCUT2D eigenvalue weighted by molar-refractivity contribution is 6.07. The van der Waals surface area contributed by atoms with E-state index in [0.29, 0.717) is 29.4 Å². The minimum atomic E-state index is -2.84. The SMILES string of the molecule is CN(CC1CCC(n2cc(NC(=O)c3ncn4ccccc34)c(C(F)F)n2)CC1)C1CCN(c2cccc3c2n(C)c(=O)n3C2CCC(=O)NC2=O)CC1. The molecule has 0 radical (unpaired) electrons. The Labute approximate surface area is 309 Å². The summed E-state index contributed by atoms with van der Waals surface area (Å²) in [4.78, 5) is 59.9. The van der Waals surface area contributed by atoms with Gasteiger partial charge < -0.3 is 19.5 Å². The Morgan fingerprint density at radius 3 is 2.50 bits per heavy atom. The van der Waals surface area contributed by atoms with Crippen molar-refractivity contribution in [3.05, 3.63) is 77.0 Å². The molecule has 1 saturated carbocycles. The van der Waals surface area contributed by atoms with Gasteiger partial charge in [-0.15, -0.1) is 0 Å². The molecule has 284 valence electrons. The second-order valence-electron chi connectivity index (χ2n) is 14.9. The fourth-order valence-electron chi connectivity index (χ4n) is 8.75. The summed E-state index contributed by atoms with van der Waals surface area (Å²) in [5, 5.41) is 9.25. The number of aryl methyl sites for hydroxylation is 1. The third kappa shape index (κ3) is 6.56. The Bertz CT molecular complexity index is 2280. The van der Waals surface area contributed by atoms with Gasteiger partial charge in [0.15, 0.2) is 11.4 Å². The van der Waals surface area contributed by atoms with Crippen LogP contribution >= 0.6 is 0 Å². The highest BCUT2D eigenvalue weighted by atomic mass is 19.3. The summed E-state index contributed by atoms with van der Waals surface area (Å²) in [7, 11) is 3.91. The summed E-state index contributed by atoms with van der Waals surface area (Å²) in [5.74, 6) is -0.849. The van der Waals surface area contributed by atoms with Gasteiger partial charge in [0.2, 0.25) is 11.8 Å². The van der Waals surface area contributed by atoms with Crippen molar-refractivity contribution in [2.24, 2.45) is 13.0 Å². The standard InChI is InChI=1S/C38H44F2N10O4/c1-45(24-15-18-47(19-16-24)28-7-5-8-29-34(28)46(2)38(54)50(29)30-13-14-31(51)43-36(30)52)20-23-9-11-25(12-10-23)49-21-26(32(44-49)35(39)40)42-37(53)33-27-6-3-4-17-48(27)22-41-33/h3-8,17,21-25,30,35H,9-16,18-20H2,1-2H3,(H,42,53)(H,43,51,52). The van der Waals surface area contributed by atoms with E-state index in [1.54, 1.807) is 39.0 Å². The van der Waals surface area contributed by atoms with Gasteiger partial charge in [0.05, 0.1) is 34.0 Å². The number of anilines is 2. The first kappa shape index (κ1) is 35.6. The monoisotopic (exact) mass is 742 g/mol. The molecule has 2 N–H and O–H groups in total. The van der Waals surface area contributed by atoms with Crippen LogP contribution in [0.5, 0.6) is 0 Å². The van der Waals surface area contributed by atoms with Crippen molar-refractivity contribution in [3.8, 4) is 0 Å². The minimum absolute atomic E-state index is 0.00521. The molecule has 2 saturated heterocycles. The topological polar surface area (TPSA) is 144 Å². The molecule has 1 aromatic carbocycles. The van der Waals surface area contributed by atoms with Gasteiger partial charge in [-0.05, 0) is 82.2 Å². The number of imidazole rings is 2. The van der Waals surface area contributed by atoms with E-state index in [0.717, 1.165) is 69.4 Å². The number of benzene rings is 1. The molecule has 3 fully saturated rings. The number of piperidine rings is 2. The van der Waals surface area contributed by atoms with Crippen molar-refractivity contribution in [1.82, 2.24) is 38.5 Å². The molecule has 4 aromatic heterocycles. The number of nitrogens with one attached hydrogen (secondary N) is 2. The zero-order valence-corrected chi connectivity index (χ0v) is 30.3. The number of pyridine rings is 1. The van der Waals surface area contributed by atoms with Gasteiger partial charge in [-0.3, -0.25) is 33.5 Å². The summed E-state index contributed by atoms with van der Waals surface area (Å²) in [6, 6.07) is 10.8. The minimum Gasteiger partial charge on any atom is -0.370 e. The number of rotatable bonds is 9. The number of aromatic nitrogens is 6. The number of hydrogen-bond acceptors (Lipinski definition) is 8. The van der Waals surface area contributed by atoms with Crippen molar-refractivity contribution < 1.29 is 23.2 Å². The average molecular weight is 743 g/mol. The van der Waals surface area contributed by atoms with Gasteiger partial charge in [0.1, 0.15) is 12.4 Å². The molecule has 6 heterocycles. The van der Waals surface area contributed by atoms with E-state index < -0.39 is 30.0 Å². The number of carbonyl (C=O) groups excluding carboxylic acids is 3. The molecule has 0 bridgehead atoms. The molecule has 14 nitrogen and oxygen atoms in total. The molecular weight excluding hydrogens is 698 g/mol. The number of hydrogen-bond donors (Lipinski definition) is 2. The molecule has 8 rings (SSSR count). The molecule has 3 amide bonds. The van der Waals surface area contributed by atoms with Gasteiger partial charge in [-0.2, -0.15) is 5.10 Å². The van der Waals surface area contributed by atoms with Crippen molar-refractivity contribution >= 4 is 45.6 Å². The molecule has 5 aromatic rings. The van der Waals surface area contributed by atoms with Crippen LogP contribution in [0.2, 0.25) is 0 Å². The van der Waals surface area contributed by atoms with Crippen LogP contribution in [0.4, 0.5) is 20.2 Å². The molecule has 0 spiro atoms. The first-order chi connectivity index (χ1) is 26.1. The Balaban J connectivity index is 0.868. The summed E-state index contributed by atoms with van der Waals surface area (Å²) < 4.78 is 34.6. The molecule has 1 unspecified atom stereocenters. The van der Waals surface area contributed by atoms with Crippen molar-refractivity contribution in [2.45, 2.75) is 75.9 Å². The van der Waals surface area contributed by atoms with E-state index in [1.165, 1.54) is 17.1 Å². The predicted molar refractivity (Wildman–Crippen MR) is 198 cm³/mol. The fourth-order valence-corrected chi connectivity index (χ4v) is 8.75. The van der Waals surface area contributed by atoms with Gasteiger partial charge >= 0.3 is 5.69 Å². The Hall–Kier alpha value is -5.38. The van der Waals surface area contributed by atoms with Crippen LogP contribution in [0.25, 0.3) is 16.6 Å². The van der Waals surface area contributed by atoms with Crippen LogP contribution in [-0.2, 0) is 16.6 Å². The second-order valence-corrected chi connectivity index (χ2v) is 14.9. The van der Waals surface area contributed by atoms with E-state index in [2.05, 4.69) is 37.6 Å². The van der Waals surface area contributed by atoms with Crippen molar-refractivity contribution in [3.63, 3.8) is 0 Å². The molecular formula is C38H44F2N10O4. The van der Waals surface area contributed by atoms with Crippen LogP contribution in [0.3, 0.4) is 0 Å². The highest BCUT2D eigenvalue weighted by Crippen LogP contribution is 2.37. The molecule has 1 aliphatic carbocycles. The van der Waals surface area contributed by atoms with E-state index in [4.69, 9.17) is 0 Å². The predicted octanol–water partition coefficient (Wildman–Crippen LogP) is 4.68. The number of fused-ring (bicyclic) bond motifs is 2. The first-order valence-corrected chi connectivity index (χ1v) is 18.7. The van der Waals surface area contributed by atoms with Crippen LogP contribution in [0.15, 0.2) is 59.9 Å². The smallest absolute Gasteiger partial charge is 0.329 e. The Morgan fingerprint density at radius 2 is 1.76 bits per heavy atom. The number of imide groups is 1. The maximum absolute atomic E-state index is 14.1. The number of halogens is 2. The van der Waals surface area contributed by atoms with Gasteiger partial charge in [0.25, 0.3) is 12.3 Å². The van der Waals surface area contributed by atoms with Gasteiger partial charge in [-0.25, -0.2) is 18.6 Å². The molecule has 2 aliphatic heterocycles. The number of alkyl halides is 2.